The monoisotopic (exact) mass is 213 g/mol. The van der Waals surface area contributed by atoms with Crippen LogP contribution in [0.15, 0.2) is 18.2 Å². The van der Waals surface area contributed by atoms with Crippen molar-refractivity contribution >= 4 is 5.69 Å². The van der Waals surface area contributed by atoms with E-state index in [0.29, 0.717) is 6.54 Å². The van der Waals surface area contributed by atoms with Gasteiger partial charge in [0.1, 0.15) is 11.6 Å². The fourth-order valence-electron chi connectivity index (χ4n) is 1.41. The van der Waals surface area contributed by atoms with E-state index in [1.165, 1.54) is 18.9 Å². The Morgan fingerprint density at radius 1 is 1.13 bits per heavy atom. The van der Waals surface area contributed by atoms with E-state index in [4.69, 9.17) is 0 Å². The molecule has 1 rings (SSSR count). The Balaban J connectivity index is 2.33. The summed E-state index contributed by atoms with van der Waals surface area (Å²) in [7, 11) is 0. The minimum atomic E-state index is -0.410. The van der Waals surface area contributed by atoms with Gasteiger partial charge >= 0.3 is 0 Å². The summed E-state index contributed by atoms with van der Waals surface area (Å²) in [4.78, 5) is 0. The van der Waals surface area contributed by atoms with Gasteiger partial charge in [-0.15, -0.1) is 0 Å². The summed E-state index contributed by atoms with van der Waals surface area (Å²) in [6, 6.07) is 3.45. The Labute approximate surface area is 89.5 Å². The molecule has 1 aromatic rings. The van der Waals surface area contributed by atoms with Crippen LogP contribution in [0.1, 0.15) is 32.6 Å². The summed E-state index contributed by atoms with van der Waals surface area (Å²) in [5.74, 6) is -0.806. The summed E-state index contributed by atoms with van der Waals surface area (Å²) < 4.78 is 25.9. The van der Waals surface area contributed by atoms with E-state index in [0.717, 1.165) is 25.0 Å². The molecule has 84 valence electrons. The van der Waals surface area contributed by atoms with E-state index >= 15 is 0 Å². The van der Waals surface area contributed by atoms with Crippen LogP contribution >= 0.6 is 0 Å². The molecule has 0 atom stereocenters. The second-order valence-electron chi connectivity index (χ2n) is 3.61. The van der Waals surface area contributed by atoms with Gasteiger partial charge in [0, 0.05) is 6.54 Å². The van der Waals surface area contributed by atoms with Crippen LogP contribution in [0.25, 0.3) is 0 Å². The zero-order valence-electron chi connectivity index (χ0n) is 9.02. The Morgan fingerprint density at radius 2 is 1.93 bits per heavy atom. The number of unbranched alkanes of at least 4 members (excludes halogenated alkanes) is 3. The van der Waals surface area contributed by atoms with Gasteiger partial charge in [-0.1, -0.05) is 26.2 Å². The lowest BCUT2D eigenvalue weighted by Crippen LogP contribution is -2.03. The van der Waals surface area contributed by atoms with Crippen LogP contribution in [-0.4, -0.2) is 6.54 Å². The first-order valence-electron chi connectivity index (χ1n) is 5.43. The van der Waals surface area contributed by atoms with Crippen molar-refractivity contribution in [3.8, 4) is 0 Å². The van der Waals surface area contributed by atoms with Crippen molar-refractivity contribution in [1.29, 1.82) is 0 Å². The summed E-state index contributed by atoms with van der Waals surface area (Å²) in [6.45, 7) is 2.83. The van der Waals surface area contributed by atoms with Gasteiger partial charge in [0.25, 0.3) is 0 Å². The Kier molecular flexibility index (Phi) is 5.08. The molecule has 0 aliphatic carbocycles. The minimum absolute atomic E-state index is 0.256. The normalized spacial score (nSPS) is 10.3. The van der Waals surface area contributed by atoms with E-state index in [1.807, 2.05) is 0 Å². The molecular formula is C12H17F2N. The van der Waals surface area contributed by atoms with Gasteiger partial charge in [-0.25, -0.2) is 8.78 Å². The van der Waals surface area contributed by atoms with Crippen LogP contribution in [0.4, 0.5) is 14.5 Å². The first-order chi connectivity index (χ1) is 7.24. The predicted molar refractivity (Wildman–Crippen MR) is 59.0 cm³/mol. The lowest BCUT2D eigenvalue weighted by Gasteiger charge is -2.07. The van der Waals surface area contributed by atoms with Gasteiger partial charge < -0.3 is 5.32 Å². The van der Waals surface area contributed by atoms with Crippen LogP contribution in [0, 0.1) is 11.6 Å². The number of rotatable bonds is 6. The number of benzene rings is 1. The molecule has 3 heteroatoms. The van der Waals surface area contributed by atoms with Crippen LogP contribution in [0.2, 0.25) is 0 Å². The fraction of sp³-hybridized carbons (Fsp3) is 0.500. The first kappa shape index (κ1) is 12.0. The molecule has 15 heavy (non-hydrogen) atoms. The van der Waals surface area contributed by atoms with Gasteiger partial charge in [0.2, 0.25) is 0 Å². The third kappa shape index (κ3) is 4.28. The molecule has 0 aromatic heterocycles. The van der Waals surface area contributed by atoms with Crippen LogP contribution in [0.3, 0.4) is 0 Å². The zero-order chi connectivity index (χ0) is 11.1. The van der Waals surface area contributed by atoms with Gasteiger partial charge in [-0.3, -0.25) is 0 Å². The molecule has 0 amide bonds. The third-order valence-electron chi connectivity index (χ3n) is 2.27. The van der Waals surface area contributed by atoms with Gasteiger partial charge in [-0.2, -0.15) is 0 Å². The predicted octanol–water partition coefficient (Wildman–Crippen LogP) is 3.96. The molecule has 0 fully saturated rings. The molecule has 0 aliphatic heterocycles. The van der Waals surface area contributed by atoms with Crippen molar-refractivity contribution in [1.82, 2.24) is 0 Å². The molecule has 0 bridgehead atoms. The second-order valence-corrected chi connectivity index (χ2v) is 3.61. The molecule has 0 unspecified atom stereocenters. The number of hydrogen-bond acceptors (Lipinski definition) is 1. The molecule has 0 saturated carbocycles. The fourth-order valence-corrected chi connectivity index (χ4v) is 1.41. The molecule has 0 heterocycles. The zero-order valence-corrected chi connectivity index (χ0v) is 9.02. The highest BCUT2D eigenvalue weighted by Gasteiger charge is 2.02. The summed E-state index contributed by atoms with van der Waals surface area (Å²) >= 11 is 0. The second kappa shape index (κ2) is 6.38. The number of anilines is 1. The topological polar surface area (TPSA) is 12.0 Å². The van der Waals surface area contributed by atoms with Crippen LogP contribution in [-0.2, 0) is 0 Å². The lowest BCUT2D eigenvalue weighted by atomic mass is 10.2. The highest BCUT2D eigenvalue weighted by molar-refractivity contribution is 5.44. The molecule has 0 radical (unpaired) electrons. The first-order valence-corrected chi connectivity index (χ1v) is 5.43. The van der Waals surface area contributed by atoms with E-state index in [9.17, 15) is 8.78 Å². The van der Waals surface area contributed by atoms with Gasteiger partial charge in [0.15, 0.2) is 0 Å². The smallest absolute Gasteiger partial charge is 0.146 e. The van der Waals surface area contributed by atoms with E-state index < -0.39 is 11.6 Å². The third-order valence-corrected chi connectivity index (χ3v) is 2.27. The van der Waals surface area contributed by atoms with Crippen molar-refractivity contribution in [2.45, 2.75) is 32.6 Å². The quantitative estimate of drug-likeness (QED) is 0.705. The largest absolute Gasteiger partial charge is 0.383 e. The number of nitrogens with one attached hydrogen (secondary N) is 1. The summed E-state index contributed by atoms with van der Waals surface area (Å²) in [5, 5.41) is 2.90. The molecule has 0 aliphatic rings. The Hall–Kier alpha value is -1.12. The molecule has 0 saturated heterocycles. The maximum Gasteiger partial charge on any atom is 0.146 e. The molecular weight excluding hydrogens is 196 g/mol. The summed E-state index contributed by atoms with van der Waals surface area (Å²) in [5.41, 5.74) is 0.256. The van der Waals surface area contributed by atoms with Crippen molar-refractivity contribution < 1.29 is 8.78 Å². The SMILES string of the molecule is CCCCCCNc1cc(F)ccc1F. The average Bonchev–Trinajstić information content (AvgIpc) is 2.23. The highest BCUT2D eigenvalue weighted by Crippen LogP contribution is 2.15. The van der Waals surface area contributed by atoms with E-state index in [2.05, 4.69) is 12.2 Å². The van der Waals surface area contributed by atoms with Crippen molar-refractivity contribution in [3.05, 3.63) is 29.8 Å². The van der Waals surface area contributed by atoms with Crippen molar-refractivity contribution in [2.24, 2.45) is 0 Å². The van der Waals surface area contributed by atoms with Crippen molar-refractivity contribution in [2.75, 3.05) is 11.9 Å². The standard InChI is InChI=1S/C12H17F2N/c1-2-3-4-5-8-15-12-9-10(13)6-7-11(12)14/h6-7,9,15H,2-5,8H2,1H3. The highest BCUT2D eigenvalue weighted by atomic mass is 19.1. The summed E-state index contributed by atoms with van der Waals surface area (Å²) in [6.07, 6.45) is 4.48. The number of halogens is 2. The lowest BCUT2D eigenvalue weighted by molar-refractivity contribution is 0.601. The molecule has 1 N–H and O–H groups in total. The molecule has 1 aromatic carbocycles. The van der Waals surface area contributed by atoms with Gasteiger partial charge in [0.05, 0.1) is 5.69 Å². The molecule has 1 nitrogen and oxygen atoms in total. The maximum atomic E-state index is 13.1. The van der Waals surface area contributed by atoms with Crippen LogP contribution < -0.4 is 5.32 Å². The van der Waals surface area contributed by atoms with E-state index in [-0.39, 0.29) is 5.69 Å². The average molecular weight is 213 g/mol. The molecule has 0 spiro atoms. The van der Waals surface area contributed by atoms with Crippen LogP contribution in [0.5, 0.6) is 0 Å². The van der Waals surface area contributed by atoms with Gasteiger partial charge in [-0.05, 0) is 24.6 Å². The minimum Gasteiger partial charge on any atom is -0.383 e. The Morgan fingerprint density at radius 3 is 2.67 bits per heavy atom. The maximum absolute atomic E-state index is 13.1. The van der Waals surface area contributed by atoms with E-state index in [1.54, 1.807) is 0 Å². The Bertz CT molecular complexity index is 300. The number of hydrogen-bond donors (Lipinski definition) is 1. The van der Waals surface area contributed by atoms with Crippen molar-refractivity contribution in [3.63, 3.8) is 0 Å².